The standard InChI is InChI=1S/C23H19N7O/c1-15-19(22(31)27-17-10-7-12-24-14-17)20(18-11-5-6-13-25-18)30-23(26-15)28-21(29-30)16-8-3-2-4-9-16/h2-14,20H,1H3,(H,27,31)(H,26,28,29)/t20-/m1/s1. The number of amides is 1. The third-order valence-electron chi connectivity index (χ3n) is 5.02. The topological polar surface area (TPSA) is 97.6 Å². The minimum Gasteiger partial charge on any atom is -0.328 e. The molecule has 0 aliphatic carbocycles. The number of aromatic nitrogens is 5. The number of carbonyl (C=O) groups is 1. The van der Waals surface area contributed by atoms with E-state index in [1.165, 1.54) is 0 Å². The summed E-state index contributed by atoms with van der Waals surface area (Å²) in [7, 11) is 0. The maximum absolute atomic E-state index is 13.3. The van der Waals surface area contributed by atoms with E-state index in [4.69, 9.17) is 5.10 Å². The van der Waals surface area contributed by atoms with E-state index in [1.54, 1.807) is 35.4 Å². The quantitative estimate of drug-likeness (QED) is 0.534. The van der Waals surface area contributed by atoms with Gasteiger partial charge in [-0.05, 0) is 31.2 Å². The molecule has 152 valence electrons. The van der Waals surface area contributed by atoms with Crippen LogP contribution in [-0.4, -0.2) is 30.6 Å². The highest BCUT2D eigenvalue weighted by molar-refractivity contribution is 6.05. The van der Waals surface area contributed by atoms with E-state index in [9.17, 15) is 4.79 Å². The lowest BCUT2D eigenvalue weighted by molar-refractivity contribution is -0.113. The average molecular weight is 409 g/mol. The lowest BCUT2D eigenvalue weighted by Gasteiger charge is -2.27. The molecule has 3 aromatic heterocycles. The van der Waals surface area contributed by atoms with E-state index >= 15 is 0 Å². The Morgan fingerprint density at radius 3 is 2.61 bits per heavy atom. The zero-order valence-electron chi connectivity index (χ0n) is 16.7. The number of hydrogen-bond donors (Lipinski definition) is 2. The molecule has 4 aromatic rings. The summed E-state index contributed by atoms with van der Waals surface area (Å²) < 4.78 is 1.72. The Labute approximate surface area is 178 Å². The van der Waals surface area contributed by atoms with Crippen LogP contribution in [0.4, 0.5) is 11.6 Å². The van der Waals surface area contributed by atoms with E-state index in [0.29, 0.717) is 34.4 Å². The van der Waals surface area contributed by atoms with Crippen molar-refractivity contribution in [2.24, 2.45) is 0 Å². The molecule has 1 atom stereocenters. The van der Waals surface area contributed by atoms with Crippen molar-refractivity contribution in [3.05, 3.63) is 96.2 Å². The molecule has 31 heavy (non-hydrogen) atoms. The summed E-state index contributed by atoms with van der Waals surface area (Å²) in [6.45, 7) is 1.86. The molecule has 1 amide bonds. The zero-order valence-corrected chi connectivity index (χ0v) is 16.7. The van der Waals surface area contributed by atoms with Crippen LogP contribution in [0.3, 0.4) is 0 Å². The molecular weight excluding hydrogens is 390 g/mol. The molecule has 1 aromatic carbocycles. The van der Waals surface area contributed by atoms with Gasteiger partial charge in [0.05, 0.1) is 23.2 Å². The minimum atomic E-state index is -0.529. The Bertz CT molecular complexity index is 1250. The Kier molecular flexibility index (Phi) is 4.72. The van der Waals surface area contributed by atoms with Crippen LogP contribution in [0.15, 0.2) is 90.5 Å². The first-order chi connectivity index (χ1) is 15.2. The molecule has 1 aliphatic rings. The van der Waals surface area contributed by atoms with Gasteiger partial charge in [0.2, 0.25) is 5.95 Å². The maximum atomic E-state index is 13.3. The van der Waals surface area contributed by atoms with Crippen molar-refractivity contribution in [2.45, 2.75) is 13.0 Å². The Morgan fingerprint density at radius 1 is 1.03 bits per heavy atom. The molecule has 4 heterocycles. The molecule has 0 radical (unpaired) electrons. The maximum Gasteiger partial charge on any atom is 0.255 e. The van der Waals surface area contributed by atoms with Crippen molar-refractivity contribution >= 4 is 17.5 Å². The van der Waals surface area contributed by atoms with Gasteiger partial charge in [0.25, 0.3) is 5.91 Å². The van der Waals surface area contributed by atoms with Crippen molar-refractivity contribution in [2.75, 3.05) is 10.6 Å². The summed E-state index contributed by atoms with van der Waals surface area (Å²) in [5.41, 5.74) is 3.41. The molecule has 0 saturated heterocycles. The van der Waals surface area contributed by atoms with Gasteiger partial charge < -0.3 is 10.6 Å². The number of carbonyl (C=O) groups excluding carboxylic acids is 1. The highest BCUT2D eigenvalue weighted by atomic mass is 16.1. The predicted molar refractivity (Wildman–Crippen MR) is 117 cm³/mol. The van der Waals surface area contributed by atoms with E-state index in [0.717, 1.165) is 5.56 Å². The number of allylic oxidation sites excluding steroid dienone is 1. The third-order valence-corrected chi connectivity index (χ3v) is 5.02. The second kappa shape index (κ2) is 7.83. The summed E-state index contributed by atoms with van der Waals surface area (Å²) in [5, 5.41) is 10.9. The number of nitrogens with one attached hydrogen (secondary N) is 2. The molecule has 8 nitrogen and oxygen atoms in total. The smallest absolute Gasteiger partial charge is 0.255 e. The largest absolute Gasteiger partial charge is 0.328 e. The van der Waals surface area contributed by atoms with Gasteiger partial charge in [-0.25, -0.2) is 4.68 Å². The molecule has 0 unspecified atom stereocenters. The highest BCUT2D eigenvalue weighted by Gasteiger charge is 2.35. The zero-order chi connectivity index (χ0) is 21.2. The van der Waals surface area contributed by atoms with E-state index in [-0.39, 0.29) is 5.91 Å². The molecule has 8 heteroatoms. The lowest BCUT2D eigenvalue weighted by Crippen LogP contribution is -2.32. The van der Waals surface area contributed by atoms with Crippen molar-refractivity contribution in [1.29, 1.82) is 0 Å². The molecule has 0 fully saturated rings. The summed E-state index contributed by atoms with van der Waals surface area (Å²) in [4.78, 5) is 26.6. The monoisotopic (exact) mass is 409 g/mol. The molecule has 5 rings (SSSR count). The third kappa shape index (κ3) is 3.55. The molecule has 0 saturated carbocycles. The van der Waals surface area contributed by atoms with Gasteiger partial charge in [-0.2, -0.15) is 4.98 Å². The van der Waals surface area contributed by atoms with Gasteiger partial charge in [0.1, 0.15) is 6.04 Å². The first-order valence-electron chi connectivity index (χ1n) is 9.83. The fraction of sp³-hybridized carbons (Fsp3) is 0.0870. The number of fused-ring (bicyclic) bond motifs is 1. The van der Waals surface area contributed by atoms with Gasteiger partial charge in [0.15, 0.2) is 5.82 Å². The molecule has 0 spiro atoms. The van der Waals surface area contributed by atoms with Crippen molar-refractivity contribution in [1.82, 2.24) is 24.7 Å². The summed E-state index contributed by atoms with van der Waals surface area (Å²) in [6, 6.07) is 18.4. The Hall–Kier alpha value is -4.33. The minimum absolute atomic E-state index is 0.254. The van der Waals surface area contributed by atoms with Crippen LogP contribution in [0.25, 0.3) is 11.4 Å². The van der Waals surface area contributed by atoms with Gasteiger partial charge in [-0.15, -0.1) is 5.10 Å². The van der Waals surface area contributed by atoms with Crippen LogP contribution in [0.5, 0.6) is 0 Å². The average Bonchev–Trinajstić information content (AvgIpc) is 3.23. The van der Waals surface area contributed by atoms with Gasteiger partial charge >= 0.3 is 0 Å². The second-order valence-electron chi connectivity index (χ2n) is 7.09. The van der Waals surface area contributed by atoms with Crippen LogP contribution in [0.2, 0.25) is 0 Å². The van der Waals surface area contributed by atoms with Crippen LogP contribution in [0, 0.1) is 0 Å². The number of nitrogens with zero attached hydrogens (tertiary/aromatic N) is 5. The van der Waals surface area contributed by atoms with Crippen molar-refractivity contribution in [3.8, 4) is 11.4 Å². The van der Waals surface area contributed by atoms with E-state index in [2.05, 4.69) is 25.6 Å². The molecule has 2 N–H and O–H groups in total. The fourth-order valence-corrected chi connectivity index (χ4v) is 3.60. The SMILES string of the molecule is CC1=C(C(=O)Nc2cccnc2)[C@@H](c2ccccn2)n2nc(-c3ccccc3)nc2N1. The number of anilines is 2. The van der Waals surface area contributed by atoms with Crippen LogP contribution >= 0.6 is 0 Å². The number of pyridine rings is 2. The predicted octanol–water partition coefficient (Wildman–Crippen LogP) is 3.66. The van der Waals surface area contributed by atoms with E-state index in [1.807, 2.05) is 55.5 Å². The van der Waals surface area contributed by atoms with Gasteiger partial charge in [-0.1, -0.05) is 36.4 Å². The molecular formula is C23H19N7O. The van der Waals surface area contributed by atoms with Crippen LogP contribution < -0.4 is 10.6 Å². The highest BCUT2D eigenvalue weighted by Crippen LogP contribution is 2.35. The van der Waals surface area contributed by atoms with Crippen LogP contribution in [0.1, 0.15) is 18.7 Å². The normalized spacial score (nSPS) is 15.2. The summed E-state index contributed by atoms with van der Waals surface area (Å²) in [6.07, 6.45) is 4.97. The Morgan fingerprint density at radius 2 is 1.87 bits per heavy atom. The number of benzene rings is 1. The van der Waals surface area contributed by atoms with Crippen LogP contribution in [-0.2, 0) is 4.79 Å². The van der Waals surface area contributed by atoms with Gasteiger partial charge in [0, 0.05) is 23.7 Å². The lowest BCUT2D eigenvalue weighted by atomic mass is 9.98. The van der Waals surface area contributed by atoms with E-state index < -0.39 is 6.04 Å². The molecule has 1 aliphatic heterocycles. The summed E-state index contributed by atoms with van der Waals surface area (Å²) in [5.74, 6) is 0.881. The van der Waals surface area contributed by atoms with Crippen molar-refractivity contribution < 1.29 is 4.79 Å². The number of rotatable bonds is 4. The Balaban J connectivity index is 1.60. The fourth-order valence-electron chi connectivity index (χ4n) is 3.60. The summed E-state index contributed by atoms with van der Waals surface area (Å²) >= 11 is 0. The van der Waals surface area contributed by atoms with Gasteiger partial charge in [-0.3, -0.25) is 14.8 Å². The first-order valence-corrected chi connectivity index (χ1v) is 9.83. The van der Waals surface area contributed by atoms with Crippen molar-refractivity contribution in [3.63, 3.8) is 0 Å². The number of hydrogen-bond acceptors (Lipinski definition) is 6. The first kappa shape index (κ1) is 18.7. The second-order valence-corrected chi connectivity index (χ2v) is 7.09. The molecule has 0 bridgehead atoms.